The maximum Gasteiger partial charge on any atom is 0.248 e. The maximum atomic E-state index is 13.3. The van der Waals surface area contributed by atoms with Crippen molar-refractivity contribution in [2.24, 2.45) is 5.92 Å². The minimum atomic E-state index is -0.790. The molecule has 0 bridgehead atoms. The molecule has 29 heavy (non-hydrogen) atoms. The molecule has 0 fully saturated rings. The number of anilines is 1. The average molecular weight is 406 g/mol. The number of benzene rings is 1. The smallest absolute Gasteiger partial charge is 0.248 e. The van der Waals surface area contributed by atoms with Crippen molar-refractivity contribution >= 4 is 17.6 Å². The molecule has 1 aromatic heterocycles. The summed E-state index contributed by atoms with van der Waals surface area (Å²) in [5, 5.41) is 12.4. The summed E-state index contributed by atoms with van der Waals surface area (Å²) in [6.07, 6.45) is 3.35. The van der Waals surface area contributed by atoms with Gasteiger partial charge < -0.3 is 10.6 Å². The van der Waals surface area contributed by atoms with Crippen molar-refractivity contribution in [1.29, 1.82) is 0 Å². The number of aromatic nitrogens is 2. The number of hydrogen-bond acceptors (Lipinski definition) is 3. The predicted octanol–water partition coefficient (Wildman–Crippen LogP) is 3.74. The molecule has 0 aliphatic carbocycles. The number of carbonyl (C=O) groups excluding carboxylic acids is 2. The van der Waals surface area contributed by atoms with E-state index in [-0.39, 0.29) is 23.8 Å². The van der Waals surface area contributed by atoms with Crippen molar-refractivity contribution in [3.05, 3.63) is 47.2 Å². The van der Waals surface area contributed by atoms with Crippen LogP contribution in [0.5, 0.6) is 0 Å². The lowest BCUT2D eigenvalue weighted by Crippen LogP contribution is -2.48. The van der Waals surface area contributed by atoms with Crippen LogP contribution in [0.4, 0.5) is 14.6 Å². The second-order valence-corrected chi connectivity index (χ2v) is 7.26. The largest absolute Gasteiger partial charge is 0.344 e. The number of nitrogens with zero attached hydrogens (tertiary/aromatic N) is 1. The van der Waals surface area contributed by atoms with Crippen LogP contribution in [-0.4, -0.2) is 28.1 Å². The number of aromatic amines is 1. The van der Waals surface area contributed by atoms with Gasteiger partial charge in [-0.2, -0.15) is 5.10 Å². The molecule has 1 heterocycles. The first kappa shape index (κ1) is 22.5. The van der Waals surface area contributed by atoms with Crippen LogP contribution in [0.2, 0.25) is 0 Å². The zero-order chi connectivity index (χ0) is 21.4. The SMILES string of the molecule is CCCCc1cc(NC(=O)C(NC(=O)Cc2cc(F)cc(F)c2)C(C)CC)n[nH]1. The Bertz CT molecular complexity index is 818. The Labute approximate surface area is 169 Å². The van der Waals surface area contributed by atoms with E-state index in [1.807, 2.05) is 13.8 Å². The third kappa shape index (κ3) is 6.96. The number of nitrogens with one attached hydrogen (secondary N) is 3. The molecule has 0 spiro atoms. The first-order valence-corrected chi connectivity index (χ1v) is 9.91. The van der Waals surface area contributed by atoms with E-state index in [1.165, 1.54) is 0 Å². The summed E-state index contributed by atoms with van der Waals surface area (Å²) in [4.78, 5) is 25.1. The van der Waals surface area contributed by atoms with Gasteiger partial charge in [-0.3, -0.25) is 14.7 Å². The average Bonchev–Trinajstić information content (AvgIpc) is 3.10. The van der Waals surface area contributed by atoms with Gasteiger partial charge in [-0.05, 0) is 36.5 Å². The number of H-pyrrole nitrogens is 1. The molecule has 2 atom stereocenters. The van der Waals surface area contributed by atoms with Gasteiger partial charge in [0.25, 0.3) is 0 Å². The minimum Gasteiger partial charge on any atom is -0.344 e. The van der Waals surface area contributed by atoms with Crippen LogP contribution in [0.3, 0.4) is 0 Å². The van der Waals surface area contributed by atoms with Gasteiger partial charge in [0, 0.05) is 17.8 Å². The van der Waals surface area contributed by atoms with Crippen LogP contribution in [0.25, 0.3) is 0 Å². The second-order valence-electron chi connectivity index (χ2n) is 7.26. The van der Waals surface area contributed by atoms with Crippen molar-refractivity contribution < 1.29 is 18.4 Å². The predicted molar refractivity (Wildman–Crippen MR) is 107 cm³/mol. The quantitative estimate of drug-likeness (QED) is 0.562. The molecule has 2 unspecified atom stereocenters. The number of unbranched alkanes of at least 4 members (excludes halogenated alkanes) is 1. The molecule has 2 amide bonds. The molecular weight excluding hydrogens is 378 g/mol. The first-order valence-electron chi connectivity index (χ1n) is 9.91. The van der Waals surface area contributed by atoms with Gasteiger partial charge in [-0.1, -0.05) is 33.6 Å². The van der Waals surface area contributed by atoms with Crippen molar-refractivity contribution in [3.8, 4) is 0 Å². The Morgan fingerprint density at radius 1 is 1.14 bits per heavy atom. The summed E-state index contributed by atoms with van der Waals surface area (Å²) in [5.41, 5.74) is 1.13. The van der Waals surface area contributed by atoms with E-state index < -0.39 is 23.6 Å². The third-order valence-corrected chi connectivity index (χ3v) is 4.78. The van der Waals surface area contributed by atoms with E-state index in [2.05, 4.69) is 27.8 Å². The van der Waals surface area contributed by atoms with E-state index in [9.17, 15) is 18.4 Å². The normalized spacial score (nSPS) is 13.0. The summed E-state index contributed by atoms with van der Waals surface area (Å²) in [7, 11) is 0. The topological polar surface area (TPSA) is 86.9 Å². The van der Waals surface area contributed by atoms with E-state index in [1.54, 1.807) is 6.07 Å². The third-order valence-electron chi connectivity index (χ3n) is 4.78. The molecule has 2 rings (SSSR count). The number of aryl methyl sites for hydroxylation is 1. The minimum absolute atomic E-state index is 0.137. The Morgan fingerprint density at radius 2 is 1.83 bits per heavy atom. The summed E-state index contributed by atoms with van der Waals surface area (Å²) in [5.74, 6) is -2.10. The van der Waals surface area contributed by atoms with Gasteiger partial charge in [0.2, 0.25) is 11.8 Å². The number of amides is 2. The molecule has 8 heteroatoms. The van der Waals surface area contributed by atoms with Crippen LogP contribution < -0.4 is 10.6 Å². The summed E-state index contributed by atoms with van der Waals surface area (Å²) in [6.45, 7) is 5.86. The highest BCUT2D eigenvalue weighted by Gasteiger charge is 2.26. The molecule has 2 aromatic rings. The fourth-order valence-corrected chi connectivity index (χ4v) is 2.95. The van der Waals surface area contributed by atoms with Crippen LogP contribution >= 0.6 is 0 Å². The number of hydrogen-bond donors (Lipinski definition) is 3. The lowest BCUT2D eigenvalue weighted by atomic mass is 9.98. The monoisotopic (exact) mass is 406 g/mol. The van der Waals surface area contributed by atoms with Crippen LogP contribution in [0.15, 0.2) is 24.3 Å². The lowest BCUT2D eigenvalue weighted by Gasteiger charge is -2.23. The molecular formula is C21H28F2N4O2. The maximum absolute atomic E-state index is 13.3. The Morgan fingerprint density at radius 3 is 2.45 bits per heavy atom. The summed E-state index contributed by atoms with van der Waals surface area (Å²) < 4.78 is 26.7. The van der Waals surface area contributed by atoms with Crippen LogP contribution in [0, 0.1) is 17.6 Å². The molecule has 0 aliphatic rings. The first-order chi connectivity index (χ1) is 13.8. The lowest BCUT2D eigenvalue weighted by molar-refractivity contribution is -0.127. The molecule has 0 radical (unpaired) electrons. The molecule has 6 nitrogen and oxygen atoms in total. The molecule has 3 N–H and O–H groups in total. The zero-order valence-electron chi connectivity index (χ0n) is 17.0. The van der Waals surface area contributed by atoms with Gasteiger partial charge in [0.05, 0.1) is 6.42 Å². The molecule has 0 aliphatic heterocycles. The highest BCUT2D eigenvalue weighted by Crippen LogP contribution is 2.14. The van der Waals surface area contributed by atoms with Gasteiger partial charge in [-0.15, -0.1) is 0 Å². The standard InChI is InChI=1S/C21H28F2N4O2/c1-4-6-7-17-12-18(27-26-17)24-21(29)20(13(3)5-2)25-19(28)10-14-8-15(22)11-16(23)9-14/h8-9,11-13,20H,4-7,10H2,1-3H3,(H,25,28)(H2,24,26,27,29). The van der Waals surface area contributed by atoms with Crippen molar-refractivity contribution in [2.45, 2.75) is 58.9 Å². The fraction of sp³-hybridized carbons (Fsp3) is 0.476. The van der Waals surface area contributed by atoms with Gasteiger partial charge in [0.1, 0.15) is 17.7 Å². The number of carbonyl (C=O) groups is 2. The van der Waals surface area contributed by atoms with Crippen molar-refractivity contribution in [1.82, 2.24) is 15.5 Å². The highest BCUT2D eigenvalue weighted by atomic mass is 19.1. The molecule has 1 aromatic carbocycles. The fourth-order valence-electron chi connectivity index (χ4n) is 2.95. The van der Waals surface area contributed by atoms with Gasteiger partial charge in [-0.25, -0.2) is 8.78 Å². The van der Waals surface area contributed by atoms with Crippen LogP contribution in [0.1, 0.15) is 51.3 Å². The van der Waals surface area contributed by atoms with Crippen LogP contribution in [-0.2, 0) is 22.4 Å². The van der Waals surface area contributed by atoms with E-state index in [0.29, 0.717) is 12.2 Å². The summed E-state index contributed by atoms with van der Waals surface area (Å²) >= 11 is 0. The highest BCUT2D eigenvalue weighted by molar-refractivity contribution is 5.97. The number of rotatable bonds is 10. The number of halogens is 2. The zero-order valence-corrected chi connectivity index (χ0v) is 17.0. The van der Waals surface area contributed by atoms with Crippen molar-refractivity contribution in [3.63, 3.8) is 0 Å². The molecule has 0 saturated carbocycles. The molecule has 0 saturated heterocycles. The van der Waals surface area contributed by atoms with E-state index >= 15 is 0 Å². The Balaban J connectivity index is 2.02. The second kappa shape index (κ2) is 10.7. The summed E-state index contributed by atoms with van der Waals surface area (Å²) in [6, 6.07) is 3.93. The van der Waals surface area contributed by atoms with E-state index in [4.69, 9.17) is 0 Å². The van der Waals surface area contributed by atoms with E-state index in [0.717, 1.165) is 43.2 Å². The molecule has 158 valence electrons. The van der Waals surface area contributed by atoms with Gasteiger partial charge >= 0.3 is 0 Å². The van der Waals surface area contributed by atoms with Gasteiger partial charge in [0.15, 0.2) is 5.82 Å². The Kier molecular flexibility index (Phi) is 8.30. The van der Waals surface area contributed by atoms with Crippen molar-refractivity contribution in [2.75, 3.05) is 5.32 Å². The Hall–Kier alpha value is -2.77.